The second-order valence-corrected chi connectivity index (χ2v) is 3.91. The molecule has 0 aliphatic carbocycles. The minimum absolute atomic E-state index is 0.222. The van der Waals surface area contributed by atoms with E-state index in [0.29, 0.717) is 11.5 Å². The number of benzene rings is 1. The van der Waals surface area contributed by atoms with Crippen molar-refractivity contribution in [2.75, 3.05) is 19.8 Å². The minimum Gasteiger partial charge on any atom is -0.382 e. The Hall–Kier alpha value is -2.30. The SMILES string of the molecule is CN(C)C(=O)n1nc(N)cc1-c1ccccc1. The molecule has 0 atom stereocenters. The lowest BCUT2D eigenvalue weighted by Crippen LogP contribution is -2.28. The van der Waals surface area contributed by atoms with Gasteiger partial charge >= 0.3 is 6.03 Å². The number of rotatable bonds is 1. The van der Waals surface area contributed by atoms with Crippen LogP contribution in [0.1, 0.15) is 0 Å². The van der Waals surface area contributed by atoms with Crippen molar-refractivity contribution in [2.24, 2.45) is 0 Å². The molecule has 5 nitrogen and oxygen atoms in total. The molecule has 5 heteroatoms. The van der Waals surface area contributed by atoms with Crippen molar-refractivity contribution in [3.8, 4) is 11.3 Å². The largest absolute Gasteiger partial charge is 0.382 e. The molecule has 1 amide bonds. The van der Waals surface area contributed by atoms with Crippen LogP contribution in [0.15, 0.2) is 36.4 Å². The summed E-state index contributed by atoms with van der Waals surface area (Å²) in [6.45, 7) is 0. The summed E-state index contributed by atoms with van der Waals surface area (Å²) in [5.74, 6) is 0.332. The second-order valence-electron chi connectivity index (χ2n) is 3.91. The van der Waals surface area contributed by atoms with Crippen LogP contribution in [-0.4, -0.2) is 34.8 Å². The van der Waals surface area contributed by atoms with Gasteiger partial charge in [0.1, 0.15) is 5.82 Å². The number of hydrogen-bond donors (Lipinski definition) is 1. The standard InChI is InChI=1S/C12H14N4O/c1-15(2)12(17)16-10(8-11(13)14-16)9-6-4-3-5-7-9/h3-8H,1-2H3,(H2,13,14). The summed E-state index contributed by atoms with van der Waals surface area (Å²) < 4.78 is 1.31. The lowest BCUT2D eigenvalue weighted by Gasteiger charge is -2.12. The lowest BCUT2D eigenvalue weighted by atomic mass is 10.1. The van der Waals surface area contributed by atoms with Gasteiger partial charge in [0.15, 0.2) is 0 Å². The van der Waals surface area contributed by atoms with E-state index in [0.717, 1.165) is 5.56 Å². The highest BCUT2D eigenvalue weighted by atomic mass is 16.2. The number of carbonyl (C=O) groups is 1. The van der Waals surface area contributed by atoms with Crippen molar-refractivity contribution < 1.29 is 4.79 Å². The monoisotopic (exact) mass is 230 g/mol. The third-order valence-electron chi connectivity index (χ3n) is 2.36. The van der Waals surface area contributed by atoms with Crippen molar-refractivity contribution in [1.29, 1.82) is 0 Å². The first-order chi connectivity index (χ1) is 8.09. The summed E-state index contributed by atoms with van der Waals surface area (Å²) in [4.78, 5) is 13.4. The molecule has 0 unspecified atom stereocenters. The Balaban J connectivity index is 2.52. The number of nitrogen functional groups attached to an aromatic ring is 1. The molecule has 2 rings (SSSR count). The summed E-state index contributed by atoms with van der Waals surface area (Å²) in [6, 6.07) is 11.0. The number of nitrogens with zero attached hydrogens (tertiary/aromatic N) is 3. The van der Waals surface area contributed by atoms with E-state index in [1.165, 1.54) is 9.58 Å². The molecular formula is C12H14N4O. The maximum absolute atomic E-state index is 11.9. The van der Waals surface area contributed by atoms with E-state index in [1.54, 1.807) is 20.2 Å². The number of amides is 1. The minimum atomic E-state index is -0.222. The average molecular weight is 230 g/mol. The van der Waals surface area contributed by atoms with Crippen LogP contribution in [0.2, 0.25) is 0 Å². The first-order valence-corrected chi connectivity index (χ1v) is 5.22. The van der Waals surface area contributed by atoms with Gasteiger partial charge in [0.2, 0.25) is 0 Å². The van der Waals surface area contributed by atoms with Gasteiger partial charge < -0.3 is 10.6 Å². The maximum Gasteiger partial charge on any atom is 0.344 e. The Morgan fingerprint density at radius 1 is 1.29 bits per heavy atom. The molecule has 0 fully saturated rings. The van der Waals surface area contributed by atoms with Gasteiger partial charge in [0, 0.05) is 25.7 Å². The lowest BCUT2D eigenvalue weighted by molar-refractivity contribution is 0.216. The highest BCUT2D eigenvalue weighted by Gasteiger charge is 2.15. The van der Waals surface area contributed by atoms with Crippen molar-refractivity contribution in [1.82, 2.24) is 14.7 Å². The normalized spacial score (nSPS) is 10.2. The molecule has 0 aliphatic rings. The molecule has 1 aromatic carbocycles. The Morgan fingerprint density at radius 2 is 1.94 bits per heavy atom. The average Bonchev–Trinajstić information content (AvgIpc) is 2.71. The molecule has 0 radical (unpaired) electrons. The topological polar surface area (TPSA) is 64.2 Å². The third-order valence-corrected chi connectivity index (χ3v) is 2.36. The summed E-state index contributed by atoms with van der Waals surface area (Å²) in [5, 5.41) is 4.01. The Morgan fingerprint density at radius 3 is 2.53 bits per heavy atom. The van der Waals surface area contributed by atoms with E-state index >= 15 is 0 Å². The van der Waals surface area contributed by atoms with E-state index in [9.17, 15) is 4.79 Å². The highest BCUT2D eigenvalue weighted by molar-refractivity contribution is 5.82. The van der Waals surface area contributed by atoms with E-state index in [1.807, 2.05) is 30.3 Å². The van der Waals surface area contributed by atoms with Crippen LogP contribution in [0, 0.1) is 0 Å². The van der Waals surface area contributed by atoms with Crippen LogP contribution < -0.4 is 5.73 Å². The number of hydrogen-bond acceptors (Lipinski definition) is 3. The fraction of sp³-hybridized carbons (Fsp3) is 0.167. The van der Waals surface area contributed by atoms with E-state index in [-0.39, 0.29) is 6.03 Å². The van der Waals surface area contributed by atoms with Gasteiger partial charge in [-0.2, -0.15) is 4.68 Å². The van der Waals surface area contributed by atoms with Crippen molar-refractivity contribution in [3.63, 3.8) is 0 Å². The summed E-state index contributed by atoms with van der Waals surface area (Å²) >= 11 is 0. The summed E-state index contributed by atoms with van der Waals surface area (Å²) in [7, 11) is 3.35. The molecule has 1 heterocycles. The van der Waals surface area contributed by atoms with E-state index < -0.39 is 0 Å². The Kier molecular flexibility index (Phi) is 2.82. The fourth-order valence-corrected chi connectivity index (χ4v) is 1.55. The van der Waals surface area contributed by atoms with Gasteiger partial charge in [-0.1, -0.05) is 30.3 Å². The van der Waals surface area contributed by atoms with Gasteiger partial charge in [-0.3, -0.25) is 0 Å². The van der Waals surface area contributed by atoms with E-state index in [4.69, 9.17) is 5.73 Å². The highest BCUT2D eigenvalue weighted by Crippen LogP contribution is 2.21. The molecule has 2 N–H and O–H groups in total. The molecule has 17 heavy (non-hydrogen) atoms. The van der Waals surface area contributed by atoms with Crippen LogP contribution in [0.5, 0.6) is 0 Å². The van der Waals surface area contributed by atoms with Crippen LogP contribution >= 0.6 is 0 Å². The summed E-state index contributed by atoms with van der Waals surface area (Å²) in [5.41, 5.74) is 7.26. The molecule has 0 aliphatic heterocycles. The maximum atomic E-state index is 11.9. The van der Waals surface area contributed by atoms with Crippen LogP contribution in [0.3, 0.4) is 0 Å². The molecule has 88 valence electrons. The van der Waals surface area contributed by atoms with Gasteiger partial charge in [-0.05, 0) is 0 Å². The number of anilines is 1. The van der Waals surface area contributed by atoms with Gasteiger partial charge in [-0.25, -0.2) is 4.79 Å². The smallest absolute Gasteiger partial charge is 0.344 e. The predicted octanol–water partition coefficient (Wildman–Crippen LogP) is 1.66. The molecule has 0 saturated heterocycles. The van der Waals surface area contributed by atoms with Crippen molar-refractivity contribution in [2.45, 2.75) is 0 Å². The molecule has 0 spiro atoms. The van der Waals surface area contributed by atoms with Crippen LogP contribution in [0.4, 0.5) is 10.6 Å². The van der Waals surface area contributed by atoms with Gasteiger partial charge in [0.05, 0.1) is 5.69 Å². The number of nitrogens with two attached hydrogens (primary N) is 1. The van der Waals surface area contributed by atoms with Crippen LogP contribution in [-0.2, 0) is 0 Å². The van der Waals surface area contributed by atoms with Gasteiger partial charge in [-0.15, -0.1) is 5.10 Å². The van der Waals surface area contributed by atoms with Crippen molar-refractivity contribution >= 4 is 11.8 Å². The predicted molar refractivity (Wildman–Crippen MR) is 66.6 cm³/mol. The zero-order valence-electron chi connectivity index (χ0n) is 9.79. The first kappa shape index (κ1) is 11.2. The molecule has 0 saturated carbocycles. The second kappa shape index (κ2) is 4.29. The number of carbonyl (C=O) groups excluding carboxylic acids is 1. The van der Waals surface area contributed by atoms with Gasteiger partial charge in [0.25, 0.3) is 0 Å². The zero-order valence-corrected chi connectivity index (χ0v) is 9.79. The molecule has 2 aromatic rings. The third kappa shape index (κ3) is 2.13. The fourth-order valence-electron chi connectivity index (χ4n) is 1.55. The quantitative estimate of drug-likeness (QED) is 0.810. The Bertz CT molecular complexity index is 531. The van der Waals surface area contributed by atoms with E-state index in [2.05, 4.69) is 5.10 Å². The summed E-state index contributed by atoms with van der Waals surface area (Å²) in [6.07, 6.45) is 0. The Labute approximate surface area is 99.5 Å². The molecule has 1 aromatic heterocycles. The molecule has 0 bridgehead atoms. The van der Waals surface area contributed by atoms with Crippen LogP contribution in [0.25, 0.3) is 11.3 Å². The first-order valence-electron chi connectivity index (χ1n) is 5.22. The van der Waals surface area contributed by atoms with Crippen molar-refractivity contribution in [3.05, 3.63) is 36.4 Å². The zero-order chi connectivity index (χ0) is 12.4. The number of aromatic nitrogens is 2. The molecular weight excluding hydrogens is 216 g/mol.